The van der Waals surface area contributed by atoms with Crippen LogP contribution in [-0.4, -0.2) is 15.9 Å². The van der Waals surface area contributed by atoms with E-state index >= 15 is 0 Å². The number of carbonyl (C=O) groups excluding carboxylic acids is 1. The van der Waals surface area contributed by atoms with E-state index in [1.807, 2.05) is 67.6 Å². The summed E-state index contributed by atoms with van der Waals surface area (Å²) in [6.07, 6.45) is -2.40. The van der Waals surface area contributed by atoms with Gasteiger partial charge in [0.2, 0.25) is 0 Å². The van der Waals surface area contributed by atoms with Crippen molar-refractivity contribution in [1.82, 2.24) is 15.3 Å². The normalized spacial score (nSPS) is 12.5. The maximum absolute atomic E-state index is 13.1. The number of nitrogens with zero attached hydrogens (tertiary/aromatic N) is 2. The SMILES string of the molecule is CC(NC(c1ccccc1)c1ccccc1)c1ncc(C(=O)Nc2cc(C(F)(F)F)c(Cl)cn2)s1. The Morgan fingerprint density at radius 3 is 2.14 bits per heavy atom. The summed E-state index contributed by atoms with van der Waals surface area (Å²) in [5.41, 5.74) is 1.09. The zero-order valence-corrected chi connectivity index (χ0v) is 20.0. The maximum atomic E-state index is 13.1. The number of pyridine rings is 1. The van der Waals surface area contributed by atoms with Crippen molar-refractivity contribution in [3.8, 4) is 0 Å². The van der Waals surface area contributed by atoms with Crippen molar-refractivity contribution in [3.63, 3.8) is 0 Å². The number of nitrogens with one attached hydrogen (secondary N) is 2. The first-order valence-corrected chi connectivity index (χ1v) is 11.8. The van der Waals surface area contributed by atoms with Crippen molar-refractivity contribution in [2.45, 2.75) is 25.2 Å². The third kappa shape index (κ3) is 6.05. The molecule has 10 heteroatoms. The van der Waals surface area contributed by atoms with Crippen LogP contribution in [-0.2, 0) is 6.18 Å². The van der Waals surface area contributed by atoms with Crippen molar-refractivity contribution in [2.75, 3.05) is 5.32 Å². The predicted molar refractivity (Wildman–Crippen MR) is 131 cm³/mol. The molecule has 0 aliphatic carbocycles. The molecule has 0 bridgehead atoms. The Balaban J connectivity index is 1.50. The molecule has 4 rings (SSSR count). The van der Waals surface area contributed by atoms with Crippen LogP contribution in [0.15, 0.2) is 79.1 Å². The lowest BCUT2D eigenvalue weighted by atomic mass is 9.98. The van der Waals surface area contributed by atoms with Gasteiger partial charge < -0.3 is 5.32 Å². The molecule has 2 aromatic heterocycles. The second-order valence-electron chi connectivity index (χ2n) is 7.71. The zero-order valence-electron chi connectivity index (χ0n) is 18.4. The Morgan fingerprint density at radius 1 is 0.971 bits per heavy atom. The third-order valence-electron chi connectivity index (χ3n) is 5.20. The minimum Gasteiger partial charge on any atom is -0.306 e. The number of amides is 1. The number of carbonyl (C=O) groups is 1. The number of alkyl halides is 3. The van der Waals surface area contributed by atoms with Crippen LogP contribution in [0.4, 0.5) is 19.0 Å². The highest BCUT2D eigenvalue weighted by atomic mass is 35.5. The first-order valence-electron chi connectivity index (χ1n) is 10.6. The smallest absolute Gasteiger partial charge is 0.306 e. The minimum atomic E-state index is -4.66. The average molecular weight is 517 g/mol. The largest absolute Gasteiger partial charge is 0.418 e. The van der Waals surface area contributed by atoms with Gasteiger partial charge in [-0.25, -0.2) is 9.97 Å². The summed E-state index contributed by atoms with van der Waals surface area (Å²) in [5.74, 6) is -0.854. The van der Waals surface area contributed by atoms with E-state index in [1.54, 1.807) is 0 Å². The average Bonchev–Trinajstić information content (AvgIpc) is 3.35. The molecular weight excluding hydrogens is 497 g/mol. The topological polar surface area (TPSA) is 66.9 Å². The minimum absolute atomic E-state index is 0.104. The van der Waals surface area contributed by atoms with Gasteiger partial charge >= 0.3 is 6.18 Å². The first kappa shape index (κ1) is 24.8. The monoisotopic (exact) mass is 516 g/mol. The molecule has 2 aromatic carbocycles. The molecule has 0 saturated heterocycles. The standard InChI is InChI=1S/C25H20ClF3N4OS/c1-15(32-22(16-8-4-2-5-9-16)17-10-6-3-7-11-17)24-31-14-20(35-24)23(34)33-21-12-18(25(27,28)29)19(26)13-30-21/h2-15,22,32H,1H3,(H,30,33,34). The molecule has 1 unspecified atom stereocenters. The van der Waals surface area contributed by atoms with Gasteiger partial charge in [-0.2, -0.15) is 13.2 Å². The Hall–Kier alpha value is -3.27. The lowest BCUT2D eigenvalue weighted by Gasteiger charge is -2.23. The third-order valence-corrected chi connectivity index (χ3v) is 6.68. The quantitative estimate of drug-likeness (QED) is 0.280. The molecule has 0 spiro atoms. The summed E-state index contributed by atoms with van der Waals surface area (Å²) in [7, 11) is 0. The van der Waals surface area contributed by atoms with Gasteiger partial charge in [0.05, 0.1) is 28.9 Å². The molecule has 5 nitrogen and oxygen atoms in total. The van der Waals surface area contributed by atoms with E-state index in [0.29, 0.717) is 11.1 Å². The molecule has 1 amide bonds. The van der Waals surface area contributed by atoms with Gasteiger partial charge in [0.1, 0.15) is 15.7 Å². The van der Waals surface area contributed by atoms with E-state index in [4.69, 9.17) is 11.6 Å². The van der Waals surface area contributed by atoms with Gasteiger partial charge in [-0.05, 0) is 24.1 Å². The molecule has 2 heterocycles. The van der Waals surface area contributed by atoms with Crippen LogP contribution in [0, 0.1) is 0 Å². The molecule has 0 aliphatic rings. The number of rotatable bonds is 7. The second-order valence-corrected chi connectivity index (χ2v) is 9.18. The highest BCUT2D eigenvalue weighted by Gasteiger charge is 2.34. The van der Waals surface area contributed by atoms with E-state index in [-0.39, 0.29) is 22.8 Å². The van der Waals surface area contributed by atoms with E-state index in [1.165, 1.54) is 6.20 Å². The first-order chi connectivity index (χ1) is 16.7. The summed E-state index contributed by atoms with van der Waals surface area (Å²) in [5, 5.41) is 6.07. The molecule has 2 N–H and O–H groups in total. The van der Waals surface area contributed by atoms with E-state index in [0.717, 1.165) is 28.7 Å². The van der Waals surface area contributed by atoms with Crippen LogP contribution in [0.25, 0.3) is 0 Å². The maximum Gasteiger partial charge on any atom is 0.418 e. The van der Waals surface area contributed by atoms with Gasteiger partial charge in [0, 0.05) is 6.20 Å². The van der Waals surface area contributed by atoms with Crippen LogP contribution in [0.3, 0.4) is 0 Å². The van der Waals surface area contributed by atoms with Crippen molar-refractivity contribution in [1.29, 1.82) is 0 Å². The van der Waals surface area contributed by atoms with E-state index in [9.17, 15) is 18.0 Å². The van der Waals surface area contributed by atoms with Crippen molar-refractivity contribution in [2.24, 2.45) is 0 Å². The fraction of sp³-hybridized carbons (Fsp3) is 0.160. The zero-order chi connectivity index (χ0) is 25.0. The Kier molecular flexibility index (Phi) is 7.49. The number of thiazole rings is 1. The van der Waals surface area contributed by atoms with Crippen LogP contribution in [0.2, 0.25) is 5.02 Å². The van der Waals surface area contributed by atoms with Crippen LogP contribution in [0.5, 0.6) is 0 Å². The van der Waals surface area contributed by atoms with Gasteiger partial charge in [-0.15, -0.1) is 11.3 Å². The summed E-state index contributed by atoms with van der Waals surface area (Å²) >= 11 is 6.74. The predicted octanol–water partition coefficient (Wildman–Crippen LogP) is 6.90. The van der Waals surface area contributed by atoms with Crippen LogP contribution < -0.4 is 10.6 Å². The highest BCUT2D eigenvalue weighted by molar-refractivity contribution is 7.13. The van der Waals surface area contributed by atoms with E-state index < -0.39 is 22.7 Å². The Morgan fingerprint density at radius 2 is 1.57 bits per heavy atom. The fourth-order valence-electron chi connectivity index (χ4n) is 3.49. The highest BCUT2D eigenvalue weighted by Crippen LogP contribution is 2.35. The number of anilines is 1. The molecule has 1 atom stereocenters. The number of hydrogen-bond acceptors (Lipinski definition) is 5. The van der Waals surface area contributed by atoms with Crippen molar-refractivity contribution in [3.05, 3.63) is 111 Å². The summed E-state index contributed by atoms with van der Waals surface area (Å²) in [6, 6.07) is 20.3. The van der Waals surface area contributed by atoms with Gasteiger partial charge in [0.15, 0.2) is 0 Å². The molecule has 35 heavy (non-hydrogen) atoms. The molecular formula is C25H20ClF3N4OS. The second kappa shape index (κ2) is 10.6. The number of aromatic nitrogens is 2. The van der Waals surface area contributed by atoms with Gasteiger partial charge in [-0.3, -0.25) is 10.1 Å². The summed E-state index contributed by atoms with van der Waals surface area (Å²) in [6.45, 7) is 1.94. The molecule has 0 aliphatic heterocycles. The molecule has 0 saturated carbocycles. The van der Waals surface area contributed by atoms with Crippen LogP contribution >= 0.6 is 22.9 Å². The molecule has 0 radical (unpaired) electrons. The fourth-order valence-corrected chi connectivity index (χ4v) is 4.53. The summed E-state index contributed by atoms with van der Waals surface area (Å²) < 4.78 is 39.3. The number of hydrogen-bond donors (Lipinski definition) is 2. The lowest BCUT2D eigenvalue weighted by Crippen LogP contribution is -2.25. The summed E-state index contributed by atoms with van der Waals surface area (Å²) in [4.78, 5) is 21.0. The molecule has 4 aromatic rings. The van der Waals surface area contributed by atoms with Crippen LogP contribution in [0.1, 0.15) is 50.4 Å². The molecule has 180 valence electrons. The Labute approximate surface area is 209 Å². The van der Waals surface area contributed by atoms with Crippen molar-refractivity contribution < 1.29 is 18.0 Å². The van der Waals surface area contributed by atoms with Gasteiger partial charge in [0.25, 0.3) is 5.91 Å². The number of benzene rings is 2. The van der Waals surface area contributed by atoms with Gasteiger partial charge in [-0.1, -0.05) is 72.3 Å². The number of halogens is 4. The Bertz CT molecular complexity index is 1260. The van der Waals surface area contributed by atoms with Crippen molar-refractivity contribution >= 4 is 34.7 Å². The lowest BCUT2D eigenvalue weighted by molar-refractivity contribution is -0.137. The van der Waals surface area contributed by atoms with E-state index in [2.05, 4.69) is 20.6 Å². The molecule has 0 fully saturated rings.